The van der Waals surface area contributed by atoms with Gasteiger partial charge in [-0.1, -0.05) is 29.8 Å². The molecule has 5 nitrogen and oxygen atoms in total. The average Bonchev–Trinajstić information content (AvgIpc) is 3.25. The van der Waals surface area contributed by atoms with Crippen LogP contribution in [-0.4, -0.2) is 34.9 Å². The standard InChI is InChI=1S/C18H21N3O2/c1-11-2-4-12(5-3-11)17-16(20-10-23-17)18(22)21-8-13-6-7-15(19)14(13)9-21/h2-5,10,13-15H,6-9,19H2,1H3. The molecule has 0 spiro atoms. The highest BCUT2D eigenvalue weighted by molar-refractivity contribution is 5.97. The van der Waals surface area contributed by atoms with Gasteiger partial charge in [-0.05, 0) is 31.6 Å². The number of benzene rings is 1. The number of likely N-dealkylation sites (tertiary alicyclic amines) is 1. The first kappa shape index (κ1) is 14.5. The van der Waals surface area contributed by atoms with Gasteiger partial charge in [0, 0.05) is 24.7 Å². The van der Waals surface area contributed by atoms with E-state index >= 15 is 0 Å². The third-order valence-electron chi connectivity index (χ3n) is 5.28. The molecular formula is C18H21N3O2. The van der Waals surface area contributed by atoms with E-state index < -0.39 is 0 Å². The second-order valence-corrected chi connectivity index (χ2v) is 6.77. The third-order valence-corrected chi connectivity index (χ3v) is 5.28. The maximum Gasteiger partial charge on any atom is 0.276 e. The topological polar surface area (TPSA) is 72.4 Å². The van der Waals surface area contributed by atoms with Crippen LogP contribution in [0.25, 0.3) is 11.3 Å². The zero-order valence-corrected chi connectivity index (χ0v) is 13.2. The lowest BCUT2D eigenvalue weighted by molar-refractivity contribution is 0.0774. The van der Waals surface area contributed by atoms with Crippen LogP contribution in [0.15, 0.2) is 35.1 Å². The number of carbonyl (C=O) groups is 1. The molecule has 2 aliphatic rings. The van der Waals surface area contributed by atoms with Crippen molar-refractivity contribution in [2.24, 2.45) is 17.6 Å². The fourth-order valence-electron chi connectivity index (χ4n) is 3.93. The van der Waals surface area contributed by atoms with E-state index in [1.54, 1.807) is 0 Å². The number of aromatic nitrogens is 1. The molecule has 1 aromatic carbocycles. The van der Waals surface area contributed by atoms with Crippen molar-refractivity contribution in [3.63, 3.8) is 0 Å². The van der Waals surface area contributed by atoms with Crippen LogP contribution in [0.3, 0.4) is 0 Å². The maximum atomic E-state index is 12.9. The number of amides is 1. The number of fused-ring (bicyclic) bond motifs is 1. The molecule has 120 valence electrons. The molecule has 2 fully saturated rings. The molecule has 2 aromatic rings. The summed E-state index contributed by atoms with van der Waals surface area (Å²) in [5.74, 6) is 1.49. The van der Waals surface area contributed by atoms with Crippen molar-refractivity contribution >= 4 is 5.91 Å². The van der Waals surface area contributed by atoms with Crippen LogP contribution in [0, 0.1) is 18.8 Å². The summed E-state index contributed by atoms with van der Waals surface area (Å²) in [6.45, 7) is 3.56. The summed E-state index contributed by atoms with van der Waals surface area (Å²) in [6, 6.07) is 8.16. The highest BCUT2D eigenvalue weighted by atomic mass is 16.3. The van der Waals surface area contributed by atoms with E-state index in [9.17, 15) is 4.79 Å². The molecule has 3 unspecified atom stereocenters. The molecule has 2 heterocycles. The fraction of sp³-hybridized carbons (Fsp3) is 0.444. The molecule has 1 saturated carbocycles. The Kier molecular flexibility index (Phi) is 3.45. The van der Waals surface area contributed by atoms with Crippen molar-refractivity contribution in [2.75, 3.05) is 13.1 Å². The Balaban J connectivity index is 1.58. The van der Waals surface area contributed by atoms with Gasteiger partial charge in [-0.15, -0.1) is 0 Å². The van der Waals surface area contributed by atoms with Gasteiger partial charge < -0.3 is 15.1 Å². The van der Waals surface area contributed by atoms with E-state index in [-0.39, 0.29) is 11.9 Å². The quantitative estimate of drug-likeness (QED) is 0.924. The first-order valence-corrected chi connectivity index (χ1v) is 8.19. The SMILES string of the molecule is Cc1ccc(-c2ocnc2C(=O)N2CC3CCC(N)C3C2)cc1. The Morgan fingerprint density at radius 3 is 2.78 bits per heavy atom. The molecule has 0 bridgehead atoms. The fourth-order valence-corrected chi connectivity index (χ4v) is 3.93. The second kappa shape index (κ2) is 5.49. The predicted molar refractivity (Wildman–Crippen MR) is 86.8 cm³/mol. The zero-order chi connectivity index (χ0) is 16.0. The van der Waals surface area contributed by atoms with Gasteiger partial charge in [0.25, 0.3) is 5.91 Å². The molecule has 1 aromatic heterocycles. The monoisotopic (exact) mass is 311 g/mol. The summed E-state index contributed by atoms with van der Waals surface area (Å²) in [7, 11) is 0. The Morgan fingerprint density at radius 2 is 2.04 bits per heavy atom. The van der Waals surface area contributed by atoms with Gasteiger partial charge in [0.2, 0.25) is 0 Å². The van der Waals surface area contributed by atoms with E-state index in [4.69, 9.17) is 10.2 Å². The maximum absolute atomic E-state index is 12.9. The number of nitrogens with zero attached hydrogens (tertiary/aromatic N) is 2. The van der Waals surface area contributed by atoms with Crippen LogP contribution >= 0.6 is 0 Å². The second-order valence-electron chi connectivity index (χ2n) is 6.77. The summed E-state index contributed by atoms with van der Waals surface area (Å²) >= 11 is 0. The first-order chi connectivity index (χ1) is 11.1. The lowest BCUT2D eigenvalue weighted by Gasteiger charge is -2.18. The third kappa shape index (κ3) is 2.45. The van der Waals surface area contributed by atoms with E-state index in [1.165, 1.54) is 12.0 Å². The number of hydrogen-bond donors (Lipinski definition) is 1. The van der Waals surface area contributed by atoms with Crippen LogP contribution in [-0.2, 0) is 0 Å². The number of carbonyl (C=O) groups excluding carboxylic acids is 1. The van der Waals surface area contributed by atoms with Crippen molar-refractivity contribution in [1.82, 2.24) is 9.88 Å². The summed E-state index contributed by atoms with van der Waals surface area (Å²) in [4.78, 5) is 18.9. The predicted octanol–water partition coefficient (Wildman–Crippen LogP) is 2.46. The van der Waals surface area contributed by atoms with E-state index in [1.807, 2.05) is 36.1 Å². The average molecular weight is 311 g/mol. The van der Waals surface area contributed by atoms with Gasteiger partial charge in [-0.3, -0.25) is 4.79 Å². The van der Waals surface area contributed by atoms with Crippen LogP contribution in [0.4, 0.5) is 0 Å². The van der Waals surface area contributed by atoms with Gasteiger partial charge >= 0.3 is 0 Å². The van der Waals surface area contributed by atoms with Gasteiger partial charge in [0.05, 0.1) is 0 Å². The molecular weight excluding hydrogens is 290 g/mol. The Morgan fingerprint density at radius 1 is 1.26 bits per heavy atom. The highest BCUT2D eigenvalue weighted by Crippen LogP contribution is 2.38. The van der Waals surface area contributed by atoms with Crippen molar-refractivity contribution in [3.05, 3.63) is 41.9 Å². The number of oxazole rings is 1. The Labute approximate surface area is 135 Å². The first-order valence-electron chi connectivity index (χ1n) is 8.19. The molecule has 1 aliphatic carbocycles. The van der Waals surface area contributed by atoms with Gasteiger partial charge in [-0.2, -0.15) is 0 Å². The molecule has 1 amide bonds. The van der Waals surface area contributed by atoms with Crippen LogP contribution in [0.2, 0.25) is 0 Å². The molecule has 2 N–H and O–H groups in total. The smallest absolute Gasteiger partial charge is 0.276 e. The molecule has 4 rings (SSSR count). The lowest BCUT2D eigenvalue weighted by atomic mass is 9.98. The van der Waals surface area contributed by atoms with E-state index in [2.05, 4.69) is 4.98 Å². The van der Waals surface area contributed by atoms with Crippen molar-refractivity contribution in [1.29, 1.82) is 0 Å². The lowest BCUT2D eigenvalue weighted by Crippen LogP contribution is -2.33. The molecule has 5 heteroatoms. The zero-order valence-electron chi connectivity index (χ0n) is 13.2. The minimum atomic E-state index is -0.0454. The van der Waals surface area contributed by atoms with Crippen molar-refractivity contribution in [2.45, 2.75) is 25.8 Å². The largest absolute Gasteiger partial charge is 0.443 e. The Hall–Kier alpha value is -2.14. The summed E-state index contributed by atoms with van der Waals surface area (Å²) in [5, 5.41) is 0. The molecule has 3 atom stereocenters. The minimum Gasteiger partial charge on any atom is -0.443 e. The molecule has 23 heavy (non-hydrogen) atoms. The summed E-state index contributed by atoms with van der Waals surface area (Å²) in [5.41, 5.74) is 8.62. The number of nitrogens with two attached hydrogens (primary N) is 1. The summed E-state index contributed by atoms with van der Waals surface area (Å²) in [6.07, 6.45) is 3.56. The molecule has 0 radical (unpaired) electrons. The molecule has 1 aliphatic heterocycles. The van der Waals surface area contributed by atoms with Gasteiger partial charge in [-0.25, -0.2) is 4.98 Å². The van der Waals surface area contributed by atoms with Gasteiger partial charge in [0.1, 0.15) is 0 Å². The normalized spacial score (nSPS) is 26.5. The Bertz CT molecular complexity index is 722. The van der Waals surface area contributed by atoms with Crippen LogP contribution < -0.4 is 5.73 Å². The van der Waals surface area contributed by atoms with Crippen LogP contribution in [0.5, 0.6) is 0 Å². The van der Waals surface area contributed by atoms with Crippen LogP contribution in [0.1, 0.15) is 28.9 Å². The van der Waals surface area contributed by atoms with Crippen molar-refractivity contribution < 1.29 is 9.21 Å². The number of aryl methyl sites for hydroxylation is 1. The van der Waals surface area contributed by atoms with Gasteiger partial charge in [0.15, 0.2) is 17.8 Å². The minimum absolute atomic E-state index is 0.0454. The highest BCUT2D eigenvalue weighted by Gasteiger charge is 2.43. The number of hydrogen-bond acceptors (Lipinski definition) is 4. The number of rotatable bonds is 2. The van der Waals surface area contributed by atoms with Crippen molar-refractivity contribution in [3.8, 4) is 11.3 Å². The summed E-state index contributed by atoms with van der Waals surface area (Å²) < 4.78 is 5.50. The van der Waals surface area contributed by atoms with E-state index in [0.29, 0.717) is 23.3 Å². The molecule has 1 saturated heterocycles. The van der Waals surface area contributed by atoms with E-state index in [0.717, 1.165) is 31.5 Å².